The van der Waals surface area contributed by atoms with E-state index in [1.54, 1.807) is 62.8 Å². The molecule has 0 saturated heterocycles. The standard InChI is InChI=1S/C24H20FN3O4/c1-30-20-9-10-21(31-2)18(13-20)14-26-23(29)16-6-3-7-17(11-16)24-27-22(28-32-24)15-5-4-8-19(25)12-15/h3-13H,14H2,1-2H3,(H,26,29). The van der Waals surface area contributed by atoms with E-state index in [0.29, 0.717) is 28.2 Å². The van der Waals surface area contributed by atoms with Crippen molar-refractivity contribution in [3.05, 3.63) is 83.7 Å². The number of carbonyl (C=O) groups excluding carboxylic acids is 1. The number of benzene rings is 3. The SMILES string of the molecule is COc1ccc(OC)c(CNC(=O)c2cccc(-c3nc(-c4cccc(F)c4)no3)c2)c1. The Morgan fingerprint density at radius 2 is 1.81 bits per heavy atom. The van der Waals surface area contributed by atoms with Crippen molar-refractivity contribution in [3.8, 4) is 34.3 Å². The predicted molar refractivity (Wildman–Crippen MR) is 116 cm³/mol. The molecule has 8 heteroatoms. The van der Waals surface area contributed by atoms with E-state index in [2.05, 4.69) is 15.5 Å². The number of hydrogen-bond donors (Lipinski definition) is 1. The van der Waals surface area contributed by atoms with Crippen LogP contribution in [0.3, 0.4) is 0 Å². The number of rotatable bonds is 7. The second-order valence-corrected chi connectivity index (χ2v) is 6.87. The molecule has 1 amide bonds. The van der Waals surface area contributed by atoms with E-state index < -0.39 is 0 Å². The molecule has 0 bridgehead atoms. The molecule has 3 aromatic carbocycles. The van der Waals surface area contributed by atoms with Gasteiger partial charge in [0.05, 0.1) is 14.2 Å². The molecule has 0 atom stereocenters. The van der Waals surface area contributed by atoms with Gasteiger partial charge in [0, 0.05) is 28.8 Å². The van der Waals surface area contributed by atoms with Gasteiger partial charge in [-0.25, -0.2) is 4.39 Å². The Hall–Kier alpha value is -4.20. The highest BCUT2D eigenvalue weighted by molar-refractivity contribution is 5.95. The summed E-state index contributed by atoms with van der Waals surface area (Å²) in [6, 6.07) is 18.1. The highest BCUT2D eigenvalue weighted by Crippen LogP contribution is 2.25. The molecule has 1 aromatic heterocycles. The summed E-state index contributed by atoms with van der Waals surface area (Å²) in [4.78, 5) is 17.0. The Balaban J connectivity index is 1.50. The zero-order chi connectivity index (χ0) is 22.5. The second-order valence-electron chi connectivity index (χ2n) is 6.87. The Kier molecular flexibility index (Phi) is 6.12. The minimum atomic E-state index is -0.389. The molecule has 0 unspecified atom stereocenters. The van der Waals surface area contributed by atoms with Gasteiger partial charge < -0.3 is 19.3 Å². The van der Waals surface area contributed by atoms with Crippen molar-refractivity contribution in [2.45, 2.75) is 6.54 Å². The molecule has 0 aliphatic carbocycles. The summed E-state index contributed by atoms with van der Waals surface area (Å²) in [5, 5.41) is 6.79. The number of methoxy groups -OCH3 is 2. The minimum Gasteiger partial charge on any atom is -0.497 e. The second kappa shape index (κ2) is 9.30. The first-order valence-electron chi connectivity index (χ1n) is 9.76. The van der Waals surface area contributed by atoms with Crippen LogP contribution in [0.2, 0.25) is 0 Å². The zero-order valence-electron chi connectivity index (χ0n) is 17.5. The highest BCUT2D eigenvalue weighted by Gasteiger charge is 2.14. The van der Waals surface area contributed by atoms with Crippen LogP contribution in [-0.2, 0) is 6.54 Å². The van der Waals surface area contributed by atoms with Gasteiger partial charge >= 0.3 is 0 Å². The lowest BCUT2D eigenvalue weighted by Gasteiger charge is -2.11. The van der Waals surface area contributed by atoms with Crippen LogP contribution in [-0.4, -0.2) is 30.3 Å². The first kappa shape index (κ1) is 21.0. The summed E-state index contributed by atoms with van der Waals surface area (Å²) in [6.07, 6.45) is 0. The predicted octanol–water partition coefficient (Wildman–Crippen LogP) is 4.49. The van der Waals surface area contributed by atoms with Crippen LogP contribution in [0.15, 0.2) is 71.3 Å². The third kappa shape index (κ3) is 4.59. The monoisotopic (exact) mass is 433 g/mol. The van der Waals surface area contributed by atoms with Crippen molar-refractivity contribution in [1.82, 2.24) is 15.5 Å². The molecular weight excluding hydrogens is 413 g/mol. The lowest BCUT2D eigenvalue weighted by molar-refractivity contribution is 0.0950. The minimum absolute atomic E-state index is 0.230. The van der Waals surface area contributed by atoms with Crippen molar-refractivity contribution in [3.63, 3.8) is 0 Å². The first-order valence-corrected chi connectivity index (χ1v) is 9.76. The third-order valence-corrected chi connectivity index (χ3v) is 4.81. The maximum absolute atomic E-state index is 13.5. The molecular formula is C24H20FN3O4. The van der Waals surface area contributed by atoms with Gasteiger partial charge in [0.2, 0.25) is 5.82 Å². The van der Waals surface area contributed by atoms with E-state index in [0.717, 1.165) is 5.56 Å². The largest absolute Gasteiger partial charge is 0.497 e. The van der Waals surface area contributed by atoms with E-state index in [1.165, 1.54) is 12.1 Å². The molecule has 4 aromatic rings. The number of nitrogens with zero attached hydrogens (tertiary/aromatic N) is 2. The van der Waals surface area contributed by atoms with Crippen LogP contribution >= 0.6 is 0 Å². The van der Waals surface area contributed by atoms with E-state index in [9.17, 15) is 9.18 Å². The summed E-state index contributed by atoms with van der Waals surface area (Å²) < 4.78 is 29.4. The molecule has 0 saturated carbocycles. The van der Waals surface area contributed by atoms with Gasteiger partial charge in [-0.2, -0.15) is 4.98 Å². The number of halogens is 1. The van der Waals surface area contributed by atoms with Crippen LogP contribution in [0, 0.1) is 5.82 Å². The third-order valence-electron chi connectivity index (χ3n) is 4.81. The average molecular weight is 433 g/mol. The van der Waals surface area contributed by atoms with E-state index in [-0.39, 0.29) is 30.0 Å². The highest BCUT2D eigenvalue weighted by atomic mass is 19.1. The van der Waals surface area contributed by atoms with E-state index in [1.807, 2.05) is 6.07 Å². The van der Waals surface area contributed by atoms with Crippen molar-refractivity contribution in [1.29, 1.82) is 0 Å². The number of nitrogens with one attached hydrogen (secondary N) is 1. The molecule has 162 valence electrons. The molecule has 0 fully saturated rings. The molecule has 7 nitrogen and oxygen atoms in total. The molecule has 4 rings (SSSR count). The van der Waals surface area contributed by atoms with Crippen molar-refractivity contribution in [2.24, 2.45) is 0 Å². The Morgan fingerprint density at radius 3 is 2.59 bits per heavy atom. The van der Waals surface area contributed by atoms with Gasteiger partial charge in [-0.1, -0.05) is 23.4 Å². The summed E-state index contributed by atoms with van der Waals surface area (Å²) in [5.41, 5.74) is 2.29. The maximum Gasteiger partial charge on any atom is 0.258 e. The number of carbonyl (C=O) groups is 1. The van der Waals surface area contributed by atoms with Crippen LogP contribution in [0.4, 0.5) is 4.39 Å². The molecule has 0 radical (unpaired) electrons. The molecule has 0 aliphatic rings. The normalized spacial score (nSPS) is 10.6. The average Bonchev–Trinajstić information content (AvgIpc) is 3.33. The summed E-state index contributed by atoms with van der Waals surface area (Å²) in [7, 11) is 3.14. The molecule has 1 heterocycles. The summed E-state index contributed by atoms with van der Waals surface area (Å²) >= 11 is 0. The quantitative estimate of drug-likeness (QED) is 0.462. The van der Waals surface area contributed by atoms with Gasteiger partial charge in [0.15, 0.2) is 0 Å². The van der Waals surface area contributed by atoms with Crippen molar-refractivity contribution < 1.29 is 23.2 Å². The van der Waals surface area contributed by atoms with Crippen molar-refractivity contribution in [2.75, 3.05) is 14.2 Å². The fraction of sp³-hybridized carbons (Fsp3) is 0.125. The number of hydrogen-bond acceptors (Lipinski definition) is 6. The van der Waals surface area contributed by atoms with Gasteiger partial charge in [0.1, 0.15) is 17.3 Å². The fourth-order valence-electron chi connectivity index (χ4n) is 3.18. The Labute approximate surface area is 183 Å². The topological polar surface area (TPSA) is 86.5 Å². The fourth-order valence-corrected chi connectivity index (χ4v) is 3.18. The Morgan fingerprint density at radius 1 is 1.00 bits per heavy atom. The van der Waals surface area contributed by atoms with Gasteiger partial charge in [-0.05, 0) is 48.5 Å². The smallest absolute Gasteiger partial charge is 0.258 e. The molecule has 0 aliphatic heterocycles. The molecule has 1 N–H and O–H groups in total. The lowest BCUT2D eigenvalue weighted by Crippen LogP contribution is -2.23. The molecule has 32 heavy (non-hydrogen) atoms. The first-order chi connectivity index (χ1) is 15.6. The van der Waals surface area contributed by atoms with Crippen LogP contribution < -0.4 is 14.8 Å². The van der Waals surface area contributed by atoms with Gasteiger partial charge in [0.25, 0.3) is 11.8 Å². The zero-order valence-corrected chi connectivity index (χ0v) is 17.5. The van der Waals surface area contributed by atoms with Gasteiger partial charge in [-0.3, -0.25) is 4.79 Å². The van der Waals surface area contributed by atoms with Crippen molar-refractivity contribution >= 4 is 5.91 Å². The number of ether oxygens (including phenoxy) is 2. The maximum atomic E-state index is 13.5. The van der Waals surface area contributed by atoms with Crippen LogP contribution in [0.1, 0.15) is 15.9 Å². The number of amides is 1. The number of aromatic nitrogens is 2. The molecule has 0 spiro atoms. The van der Waals surface area contributed by atoms with E-state index >= 15 is 0 Å². The van der Waals surface area contributed by atoms with Gasteiger partial charge in [-0.15, -0.1) is 0 Å². The summed E-state index contributed by atoms with van der Waals surface area (Å²) in [5.74, 6) is 1.15. The van der Waals surface area contributed by atoms with Crippen LogP contribution in [0.25, 0.3) is 22.8 Å². The summed E-state index contributed by atoms with van der Waals surface area (Å²) in [6.45, 7) is 0.258. The Bertz CT molecular complexity index is 1260. The lowest BCUT2D eigenvalue weighted by atomic mass is 10.1. The van der Waals surface area contributed by atoms with Crippen LogP contribution in [0.5, 0.6) is 11.5 Å². The van der Waals surface area contributed by atoms with E-state index in [4.69, 9.17) is 14.0 Å².